The molecule has 0 radical (unpaired) electrons. The van der Waals surface area contributed by atoms with Crippen LogP contribution in [0.3, 0.4) is 0 Å². The Labute approximate surface area is 136 Å². The molecule has 1 atom stereocenters. The van der Waals surface area contributed by atoms with Gasteiger partial charge in [0.05, 0.1) is 10.7 Å². The maximum Gasteiger partial charge on any atom is 0.407 e. The molecule has 1 fully saturated rings. The van der Waals surface area contributed by atoms with Crippen molar-refractivity contribution in [2.45, 2.75) is 78.1 Å². The maximum atomic E-state index is 11.7. The van der Waals surface area contributed by atoms with E-state index in [1.165, 1.54) is 4.88 Å². The topological polar surface area (TPSA) is 63.2 Å². The molecule has 1 aliphatic rings. The zero-order chi connectivity index (χ0) is 16.5. The molecule has 1 amide bonds. The number of hydrogen-bond donors (Lipinski definition) is 2. The number of alkyl carbamates (subject to hydrolysis) is 1. The number of thiazole rings is 1. The van der Waals surface area contributed by atoms with Crippen molar-refractivity contribution in [1.82, 2.24) is 15.6 Å². The minimum Gasteiger partial charge on any atom is -0.444 e. The maximum absolute atomic E-state index is 11.7. The predicted molar refractivity (Wildman–Crippen MR) is 89.3 cm³/mol. The molecule has 1 aliphatic carbocycles. The highest BCUT2D eigenvalue weighted by Gasteiger charge is 2.32. The Morgan fingerprint density at radius 1 is 1.32 bits per heavy atom. The first-order chi connectivity index (χ1) is 10.1. The first-order valence-electron chi connectivity index (χ1n) is 7.83. The van der Waals surface area contributed by atoms with Gasteiger partial charge in [-0.2, -0.15) is 0 Å². The second kappa shape index (κ2) is 6.54. The van der Waals surface area contributed by atoms with Gasteiger partial charge in [-0.3, -0.25) is 0 Å². The highest BCUT2D eigenvalue weighted by molar-refractivity contribution is 7.11. The predicted octanol–water partition coefficient (Wildman–Crippen LogP) is 3.47. The number of amides is 1. The van der Waals surface area contributed by atoms with Crippen LogP contribution in [0.25, 0.3) is 0 Å². The molecule has 1 saturated carbocycles. The van der Waals surface area contributed by atoms with E-state index in [-0.39, 0.29) is 18.2 Å². The zero-order valence-electron chi connectivity index (χ0n) is 14.3. The number of hydrogen-bond acceptors (Lipinski definition) is 5. The monoisotopic (exact) mass is 325 g/mol. The molecule has 6 heteroatoms. The van der Waals surface area contributed by atoms with E-state index in [1.54, 1.807) is 11.3 Å². The molecule has 124 valence electrons. The van der Waals surface area contributed by atoms with Gasteiger partial charge >= 0.3 is 6.09 Å². The van der Waals surface area contributed by atoms with Gasteiger partial charge in [0.2, 0.25) is 0 Å². The summed E-state index contributed by atoms with van der Waals surface area (Å²) >= 11 is 1.74. The summed E-state index contributed by atoms with van der Waals surface area (Å²) in [4.78, 5) is 17.6. The van der Waals surface area contributed by atoms with Gasteiger partial charge in [0.1, 0.15) is 5.60 Å². The molecule has 1 aromatic rings. The van der Waals surface area contributed by atoms with E-state index in [0.717, 1.165) is 23.5 Å². The quantitative estimate of drug-likeness (QED) is 0.890. The number of carbonyl (C=O) groups is 1. The van der Waals surface area contributed by atoms with Crippen molar-refractivity contribution in [2.24, 2.45) is 0 Å². The van der Waals surface area contributed by atoms with Crippen LogP contribution in [0.4, 0.5) is 4.79 Å². The fourth-order valence-electron chi connectivity index (χ4n) is 2.73. The highest BCUT2D eigenvalue weighted by atomic mass is 32.1. The SMILES string of the molecule is Cc1nc(C(C)NC2CC(NC(=O)OC(C)(C)C)C2)c(C)s1. The lowest BCUT2D eigenvalue weighted by Gasteiger charge is -2.38. The Morgan fingerprint density at radius 2 is 1.95 bits per heavy atom. The zero-order valence-corrected chi connectivity index (χ0v) is 15.1. The lowest BCUT2D eigenvalue weighted by atomic mass is 9.86. The van der Waals surface area contributed by atoms with Crippen molar-refractivity contribution in [3.8, 4) is 0 Å². The molecule has 2 N–H and O–H groups in total. The van der Waals surface area contributed by atoms with E-state index in [0.29, 0.717) is 6.04 Å². The largest absolute Gasteiger partial charge is 0.444 e. The van der Waals surface area contributed by atoms with Gasteiger partial charge in [-0.25, -0.2) is 9.78 Å². The number of aromatic nitrogens is 1. The van der Waals surface area contributed by atoms with Gasteiger partial charge < -0.3 is 15.4 Å². The smallest absolute Gasteiger partial charge is 0.407 e. The molecule has 22 heavy (non-hydrogen) atoms. The molecule has 1 unspecified atom stereocenters. The third-order valence-corrected chi connectivity index (χ3v) is 4.60. The van der Waals surface area contributed by atoms with E-state index >= 15 is 0 Å². The third kappa shape index (κ3) is 4.68. The summed E-state index contributed by atoms with van der Waals surface area (Å²) in [7, 11) is 0. The number of aryl methyl sites for hydroxylation is 2. The van der Waals surface area contributed by atoms with Crippen LogP contribution >= 0.6 is 11.3 Å². The van der Waals surface area contributed by atoms with Crippen LogP contribution in [0.1, 0.15) is 62.2 Å². The van der Waals surface area contributed by atoms with Gasteiger partial charge in [0.15, 0.2) is 0 Å². The van der Waals surface area contributed by atoms with E-state index in [2.05, 4.69) is 29.5 Å². The van der Waals surface area contributed by atoms with E-state index in [4.69, 9.17) is 4.74 Å². The second-order valence-corrected chi connectivity index (χ2v) is 8.48. The fraction of sp³-hybridized carbons (Fsp3) is 0.750. The van der Waals surface area contributed by atoms with Crippen molar-refractivity contribution in [3.63, 3.8) is 0 Å². The normalized spacial score (nSPS) is 22.8. The standard InChI is InChI=1S/C16H27N3O2S/c1-9(14-10(2)22-11(3)18-14)17-12-7-13(8-12)19-15(20)21-16(4,5)6/h9,12-13,17H,7-8H2,1-6H3,(H,19,20). The first kappa shape index (κ1) is 17.2. The van der Waals surface area contributed by atoms with Gasteiger partial charge in [-0.1, -0.05) is 0 Å². The molecule has 0 aromatic carbocycles. The Balaban J connectivity index is 1.73. The Morgan fingerprint density at radius 3 is 2.45 bits per heavy atom. The Hall–Kier alpha value is -1.14. The van der Waals surface area contributed by atoms with Gasteiger partial charge in [0.25, 0.3) is 0 Å². The summed E-state index contributed by atoms with van der Waals surface area (Å²) in [5.74, 6) is 0. The summed E-state index contributed by atoms with van der Waals surface area (Å²) in [6, 6.07) is 0.881. The van der Waals surface area contributed by atoms with Crippen molar-refractivity contribution in [3.05, 3.63) is 15.6 Å². The average Bonchev–Trinajstić information content (AvgIpc) is 2.63. The third-order valence-electron chi connectivity index (χ3n) is 3.69. The lowest BCUT2D eigenvalue weighted by Crippen LogP contribution is -2.53. The summed E-state index contributed by atoms with van der Waals surface area (Å²) in [5, 5.41) is 7.62. The molecule has 1 heterocycles. The lowest BCUT2D eigenvalue weighted by molar-refractivity contribution is 0.0463. The molecular weight excluding hydrogens is 298 g/mol. The van der Waals surface area contributed by atoms with Crippen LogP contribution in [0.2, 0.25) is 0 Å². The average molecular weight is 325 g/mol. The minimum atomic E-state index is -0.444. The number of nitrogens with one attached hydrogen (secondary N) is 2. The van der Waals surface area contributed by atoms with Crippen LogP contribution in [-0.2, 0) is 4.74 Å². The number of ether oxygens (including phenoxy) is 1. The molecule has 0 aliphatic heterocycles. The molecule has 0 spiro atoms. The first-order valence-corrected chi connectivity index (χ1v) is 8.65. The summed E-state index contributed by atoms with van der Waals surface area (Å²) in [6.07, 6.45) is 1.55. The number of nitrogens with zero attached hydrogens (tertiary/aromatic N) is 1. The summed E-state index contributed by atoms with van der Waals surface area (Å²) in [5.41, 5.74) is 0.700. The van der Waals surface area contributed by atoms with Gasteiger partial charge in [0, 0.05) is 23.0 Å². The molecule has 5 nitrogen and oxygen atoms in total. The van der Waals surface area contributed by atoms with Crippen LogP contribution < -0.4 is 10.6 Å². The van der Waals surface area contributed by atoms with Crippen molar-refractivity contribution in [1.29, 1.82) is 0 Å². The minimum absolute atomic E-state index is 0.206. The van der Waals surface area contributed by atoms with Crippen molar-refractivity contribution >= 4 is 17.4 Å². The number of carbonyl (C=O) groups excluding carboxylic acids is 1. The molecule has 1 aromatic heterocycles. The highest BCUT2D eigenvalue weighted by Crippen LogP contribution is 2.27. The Kier molecular flexibility index (Phi) is 5.12. The fourth-order valence-corrected chi connectivity index (χ4v) is 3.64. The van der Waals surface area contributed by atoms with E-state index in [9.17, 15) is 4.79 Å². The summed E-state index contributed by atoms with van der Waals surface area (Å²) < 4.78 is 5.27. The molecule has 0 saturated heterocycles. The van der Waals surface area contributed by atoms with Crippen molar-refractivity contribution < 1.29 is 9.53 Å². The van der Waals surface area contributed by atoms with E-state index < -0.39 is 5.60 Å². The molecule has 0 bridgehead atoms. The molecular formula is C16H27N3O2S. The molecule has 2 rings (SSSR count). The van der Waals surface area contributed by atoms with Crippen LogP contribution in [-0.4, -0.2) is 28.8 Å². The van der Waals surface area contributed by atoms with Crippen LogP contribution in [0.5, 0.6) is 0 Å². The second-order valence-electron chi connectivity index (χ2n) is 7.07. The van der Waals surface area contributed by atoms with Crippen molar-refractivity contribution in [2.75, 3.05) is 0 Å². The van der Waals surface area contributed by atoms with Crippen LogP contribution in [0, 0.1) is 13.8 Å². The van der Waals surface area contributed by atoms with Gasteiger partial charge in [-0.15, -0.1) is 11.3 Å². The number of rotatable bonds is 4. The summed E-state index contributed by atoms with van der Waals surface area (Å²) in [6.45, 7) is 11.9. The Bertz CT molecular complexity index is 530. The van der Waals surface area contributed by atoms with Gasteiger partial charge in [-0.05, 0) is 54.4 Å². The van der Waals surface area contributed by atoms with Crippen LogP contribution in [0.15, 0.2) is 0 Å². The van der Waals surface area contributed by atoms with E-state index in [1.807, 2.05) is 27.7 Å².